The maximum Gasteiger partial charge on any atom is 0.218 e. The fraction of sp³-hybridized carbons (Fsp3) is 0.556. The van der Waals surface area contributed by atoms with Crippen molar-refractivity contribution in [3.8, 4) is 5.88 Å². The molecule has 1 aromatic heterocycles. The van der Waals surface area contributed by atoms with E-state index in [0.717, 1.165) is 5.82 Å². The second-order valence-corrected chi connectivity index (χ2v) is 2.60. The quantitative estimate of drug-likeness (QED) is 0.765. The molecule has 0 aliphatic rings. The molecule has 14 heavy (non-hydrogen) atoms. The van der Waals surface area contributed by atoms with E-state index in [4.69, 9.17) is 9.47 Å². The lowest BCUT2D eigenvalue weighted by Crippen LogP contribution is -2.04. The second-order valence-electron chi connectivity index (χ2n) is 2.60. The average molecular weight is 197 g/mol. The SMILES string of the molecule is CCOCc1nc(NC)cc(OC)n1. The highest BCUT2D eigenvalue weighted by molar-refractivity contribution is 5.37. The standard InChI is InChI=1S/C9H15N3O2/c1-4-14-6-8-11-7(10-2)5-9(12-8)13-3/h5H,4,6H2,1-3H3,(H,10,11,12). The molecule has 5 nitrogen and oxygen atoms in total. The first-order chi connectivity index (χ1) is 6.80. The monoisotopic (exact) mass is 197 g/mol. The molecule has 0 saturated carbocycles. The summed E-state index contributed by atoms with van der Waals surface area (Å²) < 4.78 is 10.2. The van der Waals surface area contributed by atoms with Crippen LogP contribution in [0.4, 0.5) is 5.82 Å². The molecule has 1 heterocycles. The van der Waals surface area contributed by atoms with Crippen LogP contribution in [-0.4, -0.2) is 30.7 Å². The Kier molecular flexibility index (Phi) is 4.12. The molecule has 1 rings (SSSR count). The lowest BCUT2D eigenvalue weighted by Gasteiger charge is -2.06. The maximum atomic E-state index is 5.21. The van der Waals surface area contributed by atoms with Crippen molar-refractivity contribution in [2.45, 2.75) is 13.5 Å². The van der Waals surface area contributed by atoms with E-state index in [1.807, 2.05) is 6.92 Å². The summed E-state index contributed by atoms with van der Waals surface area (Å²) >= 11 is 0. The molecule has 0 atom stereocenters. The smallest absolute Gasteiger partial charge is 0.218 e. The Hall–Kier alpha value is -1.36. The lowest BCUT2D eigenvalue weighted by molar-refractivity contribution is 0.127. The van der Waals surface area contributed by atoms with Gasteiger partial charge < -0.3 is 14.8 Å². The van der Waals surface area contributed by atoms with Gasteiger partial charge >= 0.3 is 0 Å². The largest absolute Gasteiger partial charge is 0.481 e. The van der Waals surface area contributed by atoms with Crippen LogP contribution in [0.15, 0.2) is 6.07 Å². The molecule has 0 saturated heterocycles. The number of hydrogen-bond acceptors (Lipinski definition) is 5. The minimum absolute atomic E-state index is 0.405. The Balaban J connectivity index is 2.81. The van der Waals surface area contributed by atoms with Gasteiger partial charge in [-0.1, -0.05) is 0 Å². The molecule has 0 aromatic carbocycles. The highest BCUT2D eigenvalue weighted by Gasteiger charge is 2.03. The summed E-state index contributed by atoms with van der Waals surface area (Å²) in [5, 5.41) is 2.93. The van der Waals surface area contributed by atoms with Gasteiger partial charge in [-0.3, -0.25) is 0 Å². The van der Waals surface area contributed by atoms with Crippen molar-refractivity contribution in [1.82, 2.24) is 9.97 Å². The highest BCUT2D eigenvalue weighted by Crippen LogP contribution is 2.12. The highest BCUT2D eigenvalue weighted by atomic mass is 16.5. The number of rotatable bonds is 5. The molecular weight excluding hydrogens is 182 g/mol. The summed E-state index contributed by atoms with van der Waals surface area (Å²) in [6, 6.07) is 1.73. The minimum Gasteiger partial charge on any atom is -0.481 e. The van der Waals surface area contributed by atoms with Crippen molar-refractivity contribution in [2.24, 2.45) is 0 Å². The van der Waals surface area contributed by atoms with E-state index < -0.39 is 0 Å². The summed E-state index contributed by atoms with van der Waals surface area (Å²) in [6.45, 7) is 2.98. The molecule has 0 amide bonds. The third kappa shape index (κ3) is 2.85. The van der Waals surface area contributed by atoms with E-state index in [2.05, 4.69) is 15.3 Å². The van der Waals surface area contributed by atoms with E-state index in [1.54, 1.807) is 20.2 Å². The topological polar surface area (TPSA) is 56.3 Å². The number of nitrogens with one attached hydrogen (secondary N) is 1. The third-order valence-electron chi connectivity index (χ3n) is 1.65. The molecule has 0 aliphatic heterocycles. The Bertz CT molecular complexity index is 269. The summed E-state index contributed by atoms with van der Waals surface area (Å²) in [7, 11) is 3.37. The molecule has 0 aliphatic carbocycles. The van der Waals surface area contributed by atoms with Crippen LogP contribution in [0, 0.1) is 0 Å². The normalized spacial score (nSPS) is 9.93. The molecule has 0 bridgehead atoms. The number of aromatic nitrogens is 2. The fourth-order valence-electron chi connectivity index (χ4n) is 0.963. The molecule has 1 aromatic rings. The lowest BCUT2D eigenvalue weighted by atomic mass is 10.5. The van der Waals surface area contributed by atoms with Gasteiger partial charge in [0.1, 0.15) is 12.4 Å². The average Bonchev–Trinajstić information content (AvgIpc) is 2.25. The Morgan fingerprint density at radius 2 is 2.21 bits per heavy atom. The molecule has 0 radical (unpaired) electrons. The van der Waals surface area contributed by atoms with Gasteiger partial charge in [0.05, 0.1) is 7.11 Å². The van der Waals surface area contributed by atoms with Gasteiger partial charge in [-0.15, -0.1) is 0 Å². The van der Waals surface area contributed by atoms with Gasteiger partial charge in [0.25, 0.3) is 0 Å². The molecule has 0 unspecified atom stereocenters. The first-order valence-corrected chi connectivity index (χ1v) is 4.47. The molecule has 78 valence electrons. The van der Waals surface area contributed by atoms with Gasteiger partial charge in [-0.25, -0.2) is 4.98 Å². The van der Waals surface area contributed by atoms with Crippen LogP contribution < -0.4 is 10.1 Å². The molecule has 0 spiro atoms. The zero-order chi connectivity index (χ0) is 10.4. The van der Waals surface area contributed by atoms with Crippen molar-refractivity contribution in [1.29, 1.82) is 0 Å². The van der Waals surface area contributed by atoms with Gasteiger partial charge in [0, 0.05) is 19.7 Å². The van der Waals surface area contributed by atoms with E-state index in [0.29, 0.717) is 24.9 Å². The zero-order valence-electron chi connectivity index (χ0n) is 8.70. The van der Waals surface area contributed by atoms with Crippen molar-refractivity contribution >= 4 is 5.82 Å². The first-order valence-electron chi connectivity index (χ1n) is 4.47. The van der Waals surface area contributed by atoms with E-state index >= 15 is 0 Å². The van der Waals surface area contributed by atoms with E-state index in [9.17, 15) is 0 Å². The van der Waals surface area contributed by atoms with Gasteiger partial charge in [0.2, 0.25) is 5.88 Å². The number of hydrogen-bond donors (Lipinski definition) is 1. The van der Waals surface area contributed by atoms with Crippen molar-refractivity contribution < 1.29 is 9.47 Å². The van der Waals surface area contributed by atoms with Crippen LogP contribution in [0.1, 0.15) is 12.7 Å². The predicted octanol–water partition coefficient (Wildman–Crippen LogP) is 1.06. The third-order valence-corrected chi connectivity index (χ3v) is 1.65. The van der Waals surface area contributed by atoms with Gasteiger partial charge in [-0.2, -0.15) is 4.98 Å². The van der Waals surface area contributed by atoms with Crippen LogP contribution in [0.25, 0.3) is 0 Å². The Labute approximate surface area is 83.5 Å². The predicted molar refractivity (Wildman–Crippen MR) is 53.5 cm³/mol. The first kappa shape index (κ1) is 10.7. The molecule has 0 fully saturated rings. The van der Waals surface area contributed by atoms with Crippen LogP contribution in [0.2, 0.25) is 0 Å². The number of ether oxygens (including phenoxy) is 2. The number of nitrogens with zero attached hydrogens (tertiary/aromatic N) is 2. The van der Waals surface area contributed by atoms with Crippen molar-refractivity contribution in [2.75, 3.05) is 26.1 Å². The second kappa shape index (κ2) is 5.39. The van der Waals surface area contributed by atoms with Gasteiger partial charge in [-0.05, 0) is 6.92 Å². The Morgan fingerprint density at radius 1 is 1.43 bits per heavy atom. The minimum atomic E-state index is 0.405. The van der Waals surface area contributed by atoms with Crippen LogP contribution in [-0.2, 0) is 11.3 Å². The van der Waals surface area contributed by atoms with E-state index in [1.165, 1.54) is 0 Å². The van der Waals surface area contributed by atoms with E-state index in [-0.39, 0.29) is 0 Å². The molecular formula is C9H15N3O2. The van der Waals surface area contributed by atoms with Gasteiger partial charge in [0.15, 0.2) is 5.82 Å². The van der Waals surface area contributed by atoms with Crippen molar-refractivity contribution in [3.63, 3.8) is 0 Å². The number of anilines is 1. The van der Waals surface area contributed by atoms with Crippen LogP contribution in [0.3, 0.4) is 0 Å². The summed E-state index contributed by atoms with van der Waals surface area (Å²) in [5.41, 5.74) is 0. The van der Waals surface area contributed by atoms with Crippen LogP contribution >= 0.6 is 0 Å². The Morgan fingerprint density at radius 3 is 2.79 bits per heavy atom. The molecule has 1 N–H and O–H groups in total. The summed E-state index contributed by atoms with van der Waals surface area (Å²) in [6.07, 6.45) is 0. The molecule has 5 heteroatoms. The summed E-state index contributed by atoms with van der Waals surface area (Å²) in [5.74, 6) is 1.89. The van der Waals surface area contributed by atoms with Crippen molar-refractivity contribution in [3.05, 3.63) is 11.9 Å². The fourth-order valence-corrected chi connectivity index (χ4v) is 0.963. The number of methoxy groups -OCH3 is 1. The summed E-state index contributed by atoms with van der Waals surface area (Å²) in [4.78, 5) is 8.35. The van der Waals surface area contributed by atoms with Crippen LogP contribution in [0.5, 0.6) is 5.88 Å². The maximum absolute atomic E-state index is 5.21. The zero-order valence-corrected chi connectivity index (χ0v) is 8.70.